The number of nitrogens with one attached hydrogen (secondary N) is 1. The molecule has 1 atom stereocenters. The van der Waals surface area contributed by atoms with Crippen molar-refractivity contribution < 1.29 is 9.47 Å². The van der Waals surface area contributed by atoms with Gasteiger partial charge in [0, 0.05) is 18.0 Å². The molecule has 0 aliphatic rings. The molecular weight excluding hydrogens is 318 g/mol. The highest BCUT2D eigenvalue weighted by molar-refractivity contribution is 5.53. The Morgan fingerprint density at radius 3 is 2.48 bits per heavy atom. The van der Waals surface area contributed by atoms with E-state index >= 15 is 0 Å². The highest BCUT2D eigenvalue weighted by Crippen LogP contribution is 2.31. The van der Waals surface area contributed by atoms with E-state index in [1.807, 2.05) is 44.2 Å². The van der Waals surface area contributed by atoms with Gasteiger partial charge in [-0.25, -0.2) is 4.98 Å². The molecule has 1 unspecified atom stereocenters. The number of H-pyrrole nitrogens is 1. The molecule has 0 bridgehead atoms. The van der Waals surface area contributed by atoms with Crippen molar-refractivity contribution in [3.05, 3.63) is 54.1 Å². The fourth-order valence-electron chi connectivity index (χ4n) is 2.46. The number of nitrogens with zero attached hydrogens (tertiary/aromatic N) is 3. The number of aromatic nitrogens is 4. The van der Waals surface area contributed by atoms with Crippen LogP contribution in [0.4, 0.5) is 0 Å². The largest absolute Gasteiger partial charge is 0.490 e. The zero-order chi connectivity index (χ0) is 17.6. The minimum absolute atomic E-state index is 0.446. The Morgan fingerprint density at radius 2 is 1.76 bits per heavy atom. The zero-order valence-corrected chi connectivity index (χ0v) is 14.3. The fourth-order valence-corrected chi connectivity index (χ4v) is 2.46. The summed E-state index contributed by atoms with van der Waals surface area (Å²) in [6.07, 6.45) is 3.40. The Balaban J connectivity index is 1.86. The first-order valence-electron chi connectivity index (χ1n) is 8.20. The van der Waals surface area contributed by atoms with E-state index in [0.29, 0.717) is 36.4 Å². The first kappa shape index (κ1) is 16.9. The predicted molar refractivity (Wildman–Crippen MR) is 94.4 cm³/mol. The van der Waals surface area contributed by atoms with Crippen molar-refractivity contribution in [2.24, 2.45) is 5.73 Å². The summed E-state index contributed by atoms with van der Waals surface area (Å²) < 4.78 is 11.2. The molecule has 3 rings (SSSR count). The summed E-state index contributed by atoms with van der Waals surface area (Å²) in [4.78, 5) is 8.49. The molecule has 7 nitrogen and oxygen atoms in total. The van der Waals surface area contributed by atoms with E-state index < -0.39 is 6.04 Å². The molecule has 0 saturated carbocycles. The molecule has 7 heteroatoms. The molecule has 25 heavy (non-hydrogen) atoms. The molecule has 3 N–H and O–H groups in total. The second-order valence-corrected chi connectivity index (χ2v) is 5.33. The highest BCUT2D eigenvalue weighted by Gasteiger charge is 2.17. The average molecular weight is 339 g/mol. The summed E-state index contributed by atoms with van der Waals surface area (Å²) in [6, 6.07) is 8.91. The van der Waals surface area contributed by atoms with Crippen LogP contribution in [0.1, 0.15) is 31.3 Å². The monoisotopic (exact) mass is 339 g/mol. The number of rotatable bonds is 7. The zero-order valence-electron chi connectivity index (χ0n) is 14.3. The van der Waals surface area contributed by atoms with Crippen molar-refractivity contribution in [3.8, 4) is 22.9 Å². The normalized spacial score (nSPS) is 12.0. The second kappa shape index (κ2) is 7.76. The van der Waals surface area contributed by atoms with E-state index in [-0.39, 0.29) is 0 Å². The van der Waals surface area contributed by atoms with Crippen LogP contribution >= 0.6 is 0 Å². The summed E-state index contributed by atoms with van der Waals surface area (Å²) >= 11 is 0. The first-order chi connectivity index (χ1) is 12.2. The van der Waals surface area contributed by atoms with Crippen LogP contribution in [-0.4, -0.2) is 33.4 Å². The fraction of sp³-hybridized carbons (Fsp3) is 0.278. The second-order valence-electron chi connectivity index (χ2n) is 5.33. The Morgan fingerprint density at radius 1 is 1.04 bits per heavy atom. The molecule has 0 radical (unpaired) electrons. The molecule has 2 aromatic heterocycles. The summed E-state index contributed by atoms with van der Waals surface area (Å²) in [5.74, 6) is 2.55. The van der Waals surface area contributed by atoms with Crippen molar-refractivity contribution in [2.45, 2.75) is 19.9 Å². The smallest absolute Gasteiger partial charge is 0.181 e. The number of hydrogen-bond donors (Lipinski definition) is 2. The predicted octanol–water partition coefficient (Wildman–Crippen LogP) is 2.71. The van der Waals surface area contributed by atoms with Crippen molar-refractivity contribution in [1.29, 1.82) is 0 Å². The van der Waals surface area contributed by atoms with Crippen molar-refractivity contribution in [1.82, 2.24) is 20.2 Å². The van der Waals surface area contributed by atoms with Crippen LogP contribution in [-0.2, 0) is 0 Å². The van der Waals surface area contributed by atoms with E-state index in [1.54, 1.807) is 12.4 Å². The minimum atomic E-state index is -0.446. The van der Waals surface area contributed by atoms with E-state index in [9.17, 15) is 0 Å². The van der Waals surface area contributed by atoms with E-state index in [1.165, 1.54) is 0 Å². The number of aromatic amines is 1. The molecule has 0 amide bonds. The molecule has 130 valence electrons. The van der Waals surface area contributed by atoms with Gasteiger partial charge in [-0.2, -0.15) is 5.10 Å². The Kier molecular flexibility index (Phi) is 5.25. The maximum Gasteiger partial charge on any atom is 0.181 e. The van der Waals surface area contributed by atoms with Gasteiger partial charge in [-0.05, 0) is 43.7 Å². The van der Waals surface area contributed by atoms with Gasteiger partial charge >= 0.3 is 0 Å². The third kappa shape index (κ3) is 3.77. The summed E-state index contributed by atoms with van der Waals surface area (Å²) in [7, 11) is 0. The Bertz CT molecular complexity index is 819. The van der Waals surface area contributed by atoms with Gasteiger partial charge in [0.1, 0.15) is 5.82 Å². The van der Waals surface area contributed by atoms with Gasteiger partial charge in [0.05, 0.1) is 19.3 Å². The van der Waals surface area contributed by atoms with Crippen LogP contribution < -0.4 is 15.2 Å². The third-order valence-electron chi connectivity index (χ3n) is 3.66. The van der Waals surface area contributed by atoms with Gasteiger partial charge in [-0.3, -0.25) is 10.1 Å². The molecule has 3 aromatic rings. The number of nitrogens with two attached hydrogens (primary N) is 1. The van der Waals surface area contributed by atoms with Gasteiger partial charge in [-0.1, -0.05) is 6.07 Å². The van der Waals surface area contributed by atoms with Crippen LogP contribution in [0.15, 0.2) is 42.7 Å². The standard InChI is InChI=1S/C18H21N5O2/c1-3-24-14-6-5-13(11-15(14)25-4-2)16(19)18-21-17(22-23-18)12-7-9-20-10-8-12/h5-11,16H,3-4,19H2,1-2H3,(H,21,22,23). The van der Waals surface area contributed by atoms with Crippen LogP contribution in [0.2, 0.25) is 0 Å². The summed E-state index contributed by atoms with van der Waals surface area (Å²) in [5, 5.41) is 7.15. The maximum atomic E-state index is 6.35. The van der Waals surface area contributed by atoms with Gasteiger partial charge in [-0.15, -0.1) is 0 Å². The molecule has 0 fully saturated rings. The molecule has 2 heterocycles. The Labute approximate surface area is 146 Å². The molecule has 0 aliphatic carbocycles. The van der Waals surface area contributed by atoms with Crippen molar-refractivity contribution >= 4 is 0 Å². The van der Waals surface area contributed by atoms with Gasteiger partial charge in [0.15, 0.2) is 17.3 Å². The Hall–Kier alpha value is -2.93. The SMILES string of the molecule is CCOc1ccc(C(N)c2nc(-c3ccncc3)n[nH]2)cc1OCC. The topological polar surface area (TPSA) is 98.9 Å². The molecule has 0 spiro atoms. The lowest BCUT2D eigenvalue weighted by atomic mass is 10.1. The first-order valence-corrected chi connectivity index (χ1v) is 8.20. The van der Waals surface area contributed by atoms with Crippen LogP contribution in [0.5, 0.6) is 11.5 Å². The summed E-state index contributed by atoms with van der Waals surface area (Å²) in [6.45, 7) is 4.99. The lowest BCUT2D eigenvalue weighted by molar-refractivity contribution is 0.287. The number of hydrogen-bond acceptors (Lipinski definition) is 6. The molecule has 0 saturated heterocycles. The average Bonchev–Trinajstić information content (AvgIpc) is 3.14. The van der Waals surface area contributed by atoms with Crippen molar-refractivity contribution in [2.75, 3.05) is 13.2 Å². The number of ether oxygens (including phenoxy) is 2. The lowest BCUT2D eigenvalue weighted by Crippen LogP contribution is -2.14. The quantitative estimate of drug-likeness (QED) is 0.686. The van der Waals surface area contributed by atoms with E-state index in [2.05, 4.69) is 20.2 Å². The van der Waals surface area contributed by atoms with Gasteiger partial charge < -0.3 is 15.2 Å². The van der Waals surface area contributed by atoms with Gasteiger partial charge in [0.25, 0.3) is 0 Å². The molecule has 0 aliphatic heterocycles. The third-order valence-corrected chi connectivity index (χ3v) is 3.66. The minimum Gasteiger partial charge on any atom is -0.490 e. The molecule has 1 aromatic carbocycles. The van der Waals surface area contributed by atoms with Crippen molar-refractivity contribution in [3.63, 3.8) is 0 Å². The van der Waals surface area contributed by atoms with Gasteiger partial charge in [0.2, 0.25) is 0 Å². The van der Waals surface area contributed by atoms with Crippen LogP contribution in [0, 0.1) is 0 Å². The van der Waals surface area contributed by atoms with E-state index in [0.717, 1.165) is 11.1 Å². The summed E-state index contributed by atoms with van der Waals surface area (Å²) in [5.41, 5.74) is 8.10. The van der Waals surface area contributed by atoms with Crippen LogP contribution in [0.3, 0.4) is 0 Å². The highest BCUT2D eigenvalue weighted by atomic mass is 16.5. The lowest BCUT2D eigenvalue weighted by Gasteiger charge is -2.14. The van der Waals surface area contributed by atoms with Crippen LogP contribution in [0.25, 0.3) is 11.4 Å². The maximum absolute atomic E-state index is 6.35. The molecular formula is C18H21N5O2. The number of pyridine rings is 1. The number of benzene rings is 1. The van der Waals surface area contributed by atoms with E-state index in [4.69, 9.17) is 15.2 Å².